The van der Waals surface area contributed by atoms with Gasteiger partial charge in [0.15, 0.2) is 8.32 Å². The van der Waals surface area contributed by atoms with Gasteiger partial charge in [0.2, 0.25) is 0 Å². The van der Waals surface area contributed by atoms with Crippen molar-refractivity contribution in [2.24, 2.45) is 0 Å². The van der Waals surface area contributed by atoms with E-state index in [0.717, 1.165) is 6.42 Å². The monoisotopic (exact) mass is 258 g/mol. The molecule has 3 nitrogen and oxygen atoms in total. The maximum Gasteiger partial charge on any atom is 0.333 e. The van der Waals surface area contributed by atoms with Crippen molar-refractivity contribution in [1.29, 1.82) is 0 Å². The summed E-state index contributed by atoms with van der Waals surface area (Å²) >= 11 is 0. The third-order valence-corrected chi connectivity index (χ3v) is 7.68. The molecule has 0 heterocycles. The lowest BCUT2D eigenvalue weighted by atomic mass is 10.2. The molecule has 0 radical (unpaired) electrons. The third kappa shape index (κ3) is 6.03. The molecule has 0 amide bonds. The Balaban J connectivity index is 3.80. The van der Waals surface area contributed by atoms with Crippen LogP contribution in [-0.2, 0) is 14.0 Å². The fourth-order valence-corrected chi connectivity index (χ4v) is 1.98. The summed E-state index contributed by atoms with van der Waals surface area (Å²) in [7, 11) is -1.66. The number of rotatable bonds is 6. The first-order chi connectivity index (χ1) is 7.58. The van der Waals surface area contributed by atoms with Crippen LogP contribution >= 0.6 is 0 Å². The Morgan fingerprint density at radius 1 is 1.24 bits per heavy atom. The van der Waals surface area contributed by atoms with Gasteiger partial charge in [0.25, 0.3) is 0 Å². The van der Waals surface area contributed by atoms with E-state index < -0.39 is 8.32 Å². The van der Waals surface area contributed by atoms with Crippen molar-refractivity contribution >= 4 is 14.3 Å². The van der Waals surface area contributed by atoms with E-state index in [0.29, 0.717) is 18.8 Å². The quantitative estimate of drug-likeness (QED) is 0.316. The van der Waals surface area contributed by atoms with Crippen LogP contribution in [0.3, 0.4) is 0 Å². The van der Waals surface area contributed by atoms with E-state index in [1.165, 1.54) is 0 Å². The van der Waals surface area contributed by atoms with Crippen LogP contribution < -0.4 is 0 Å². The lowest BCUT2D eigenvalue weighted by Crippen LogP contribution is -2.41. The highest BCUT2D eigenvalue weighted by Crippen LogP contribution is 2.36. The summed E-state index contributed by atoms with van der Waals surface area (Å²) in [5.74, 6) is -0.322. The molecule has 0 N–H and O–H groups in total. The smallest absolute Gasteiger partial charge is 0.333 e. The van der Waals surface area contributed by atoms with Crippen molar-refractivity contribution in [2.75, 3.05) is 13.2 Å². The number of hydrogen-bond donors (Lipinski definition) is 0. The van der Waals surface area contributed by atoms with Crippen LogP contribution in [0.25, 0.3) is 0 Å². The molecule has 0 saturated carbocycles. The van der Waals surface area contributed by atoms with Gasteiger partial charge in [0, 0.05) is 18.6 Å². The van der Waals surface area contributed by atoms with Gasteiger partial charge in [-0.25, -0.2) is 4.79 Å². The number of ether oxygens (including phenoxy) is 1. The zero-order valence-corrected chi connectivity index (χ0v) is 13.1. The molecule has 0 bridgehead atoms. The summed E-state index contributed by atoms with van der Waals surface area (Å²) in [5.41, 5.74) is 0.440. The van der Waals surface area contributed by atoms with Crippen molar-refractivity contribution in [3.63, 3.8) is 0 Å². The normalized spacial score (nSPS) is 12.4. The molecular weight excluding hydrogens is 232 g/mol. The number of hydrogen-bond acceptors (Lipinski definition) is 3. The van der Waals surface area contributed by atoms with Gasteiger partial charge in [-0.2, -0.15) is 0 Å². The van der Waals surface area contributed by atoms with E-state index in [1.54, 1.807) is 6.92 Å². The van der Waals surface area contributed by atoms with Gasteiger partial charge in [-0.05, 0) is 25.1 Å². The molecule has 0 aromatic rings. The average Bonchev–Trinajstić information content (AvgIpc) is 2.14. The molecule has 0 aromatic heterocycles. The van der Waals surface area contributed by atoms with Crippen LogP contribution in [0.15, 0.2) is 12.2 Å². The third-order valence-electron chi connectivity index (χ3n) is 3.14. The highest BCUT2D eigenvalue weighted by molar-refractivity contribution is 6.74. The second kappa shape index (κ2) is 6.35. The van der Waals surface area contributed by atoms with E-state index in [9.17, 15) is 4.79 Å². The predicted molar refractivity (Wildman–Crippen MR) is 73.5 cm³/mol. The SMILES string of the molecule is C=C(C)C(=O)OCCCO[Si](C)(C)C(C)(C)C. The Kier molecular flexibility index (Phi) is 6.13. The molecule has 0 spiro atoms. The molecule has 0 atom stereocenters. The molecule has 0 aliphatic rings. The van der Waals surface area contributed by atoms with E-state index in [-0.39, 0.29) is 11.0 Å². The first-order valence-electron chi connectivity index (χ1n) is 6.04. The summed E-state index contributed by atoms with van der Waals surface area (Å²) in [6.07, 6.45) is 0.742. The summed E-state index contributed by atoms with van der Waals surface area (Å²) in [4.78, 5) is 11.1. The Morgan fingerprint density at radius 2 is 1.76 bits per heavy atom. The van der Waals surface area contributed by atoms with Crippen molar-refractivity contribution < 1.29 is 14.0 Å². The van der Waals surface area contributed by atoms with Crippen LogP contribution in [-0.4, -0.2) is 27.5 Å². The molecular formula is C13H26O3Si. The lowest BCUT2D eigenvalue weighted by Gasteiger charge is -2.36. The largest absolute Gasteiger partial charge is 0.462 e. The van der Waals surface area contributed by atoms with Crippen LogP contribution in [0, 0.1) is 0 Å². The highest BCUT2D eigenvalue weighted by atomic mass is 28.4. The Morgan fingerprint density at radius 3 is 2.18 bits per heavy atom. The minimum atomic E-state index is -1.66. The van der Waals surface area contributed by atoms with Gasteiger partial charge < -0.3 is 9.16 Å². The van der Waals surface area contributed by atoms with Crippen molar-refractivity contribution in [1.82, 2.24) is 0 Å². The fraction of sp³-hybridized carbons (Fsp3) is 0.769. The standard InChI is InChI=1S/C13H26O3Si/c1-11(2)12(14)15-9-8-10-16-17(6,7)13(3,4)5/h1,8-10H2,2-7H3. The summed E-state index contributed by atoms with van der Waals surface area (Å²) in [6, 6.07) is 0. The van der Waals surface area contributed by atoms with Crippen molar-refractivity contribution in [3.8, 4) is 0 Å². The van der Waals surface area contributed by atoms with Gasteiger partial charge in [-0.15, -0.1) is 0 Å². The molecule has 0 fully saturated rings. The minimum absolute atomic E-state index is 0.224. The van der Waals surface area contributed by atoms with Crippen molar-refractivity contribution in [3.05, 3.63) is 12.2 Å². The van der Waals surface area contributed by atoms with Gasteiger partial charge >= 0.3 is 5.97 Å². The topological polar surface area (TPSA) is 35.5 Å². The molecule has 0 saturated heterocycles. The maximum atomic E-state index is 11.1. The maximum absolute atomic E-state index is 11.1. The second-order valence-corrected chi connectivity index (χ2v) is 10.7. The molecule has 0 aliphatic carbocycles. The van der Waals surface area contributed by atoms with E-state index in [4.69, 9.17) is 9.16 Å². The predicted octanol–water partition coefficient (Wildman–Crippen LogP) is 3.52. The second-order valence-electron chi connectivity index (χ2n) is 5.88. The van der Waals surface area contributed by atoms with Crippen LogP contribution in [0.2, 0.25) is 18.1 Å². The zero-order chi connectivity index (χ0) is 13.7. The molecule has 17 heavy (non-hydrogen) atoms. The molecule has 0 unspecified atom stereocenters. The van der Waals surface area contributed by atoms with Crippen LogP contribution in [0.1, 0.15) is 34.1 Å². The summed E-state index contributed by atoms with van der Waals surface area (Å²) in [5, 5.41) is 0.224. The highest BCUT2D eigenvalue weighted by Gasteiger charge is 2.36. The lowest BCUT2D eigenvalue weighted by molar-refractivity contribution is -0.139. The van der Waals surface area contributed by atoms with Gasteiger partial charge in [-0.1, -0.05) is 27.4 Å². The van der Waals surface area contributed by atoms with Crippen LogP contribution in [0.4, 0.5) is 0 Å². The molecule has 0 aliphatic heterocycles. The summed E-state index contributed by atoms with van der Waals surface area (Å²) in [6.45, 7) is 17.3. The van der Waals surface area contributed by atoms with Gasteiger partial charge in [-0.3, -0.25) is 0 Å². The Bertz CT molecular complexity index is 277. The van der Waals surface area contributed by atoms with Gasteiger partial charge in [0.1, 0.15) is 0 Å². The average molecular weight is 258 g/mol. The van der Waals surface area contributed by atoms with E-state index in [2.05, 4.69) is 40.4 Å². The number of esters is 1. The molecule has 100 valence electrons. The van der Waals surface area contributed by atoms with Crippen molar-refractivity contribution in [2.45, 2.75) is 52.2 Å². The molecule has 0 aromatic carbocycles. The minimum Gasteiger partial charge on any atom is -0.462 e. The van der Waals surface area contributed by atoms with E-state index in [1.807, 2.05) is 0 Å². The van der Waals surface area contributed by atoms with Gasteiger partial charge in [0.05, 0.1) is 6.61 Å². The zero-order valence-electron chi connectivity index (χ0n) is 12.1. The number of carbonyl (C=O) groups is 1. The van der Waals surface area contributed by atoms with Crippen LogP contribution in [0.5, 0.6) is 0 Å². The summed E-state index contributed by atoms with van der Waals surface area (Å²) < 4.78 is 11.0. The molecule has 4 heteroatoms. The molecule has 0 rings (SSSR count). The van der Waals surface area contributed by atoms with E-state index >= 15 is 0 Å². The number of carbonyl (C=O) groups excluding carboxylic acids is 1. The Hall–Kier alpha value is -0.613. The fourth-order valence-electron chi connectivity index (χ4n) is 0.891. The first-order valence-corrected chi connectivity index (χ1v) is 8.95. The Labute approximate surface area is 106 Å². The first kappa shape index (κ1) is 16.4.